The number of hydrogen-bond acceptors (Lipinski definition) is 3. The molecule has 1 amide bonds. The van der Waals surface area contributed by atoms with Gasteiger partial charge in [0.1, 0.15) is 0 Å². The van der Waals surface area contributed by atoms with Crippen LogP contribution in [0.3, 0.4) is 0 Å². The molecule has 0 unspecified atom stereocenters. The van der Waals surface area contributed by atoms with Gasteiger partial charge in [0.05, 0.1) is 31.3 Å². The Kier molecular flexibility index (Phi) is 6.48. The van der Waals surface area contributed by atoms with Gasteiger partial charge in [-0.15, -0.1) is 0 Å². The Morgan fingerprint density at radius 1 is 0.880 bits per heavy atom. The summed E-state index contributed by atoms with van der Waals surface area (Å²) in [5.41, 5.74) is 0.344. The van der Waals surface area contributed by atoms with E-state index >= 15 is 0 Å². The average Bonchev–Trinajstić information content (AvgIpc) is 2.53. The summed E-state index contributed by atoms with van der Waals surface area (Å²) >= 11 is 28.7. The van der Waals surface area contributed by atoms with Gasteiger partial charge in [0, 0.05) is 5.56 Å². The number of hydrogen-bond donors (Lipinski definition) is 3. The van der Waals surface area contributed by atoms with Crippen LogP contribution in [-0.4, -0.2) is 22.1 Å². The minimum Gasteiger partial charge on any atom is -0.478 e. The van der Waals surface area contributed by atoms with Gasteiger partial charge in [0.2, 0.25) is 0 Å². The lowest BCUT2D eigenvalue weighted by molar-refractivity contribution is 0.0696. The number of carbonyl (C=O) groups is 2. The van der Waals surface area contributed by atoms with E-state index in [4.69, 9.17) is 63.7 Å². The van der Waals surface area contributed by atoms with E-state index < -0.39 is 11.9 Å². The summed E-state index contributed by atoms with van der Waals surface area (Å²) in [5.74, 6) is -1.70. The second kappa shape index (κ2) is 8.21. The number of carboxylic acids is 1. The predicted molar refractivity (Wildman–Crippen MR) is 104 cm³/mol. The molecule has 0 heterocycles. The Morgan fingerprint density at radius 2 is 1.44 bits per heavy atom. The fourth-order valence-corrected chi connectivity index (χ4v) is 2.85. The number of aromatic carboxylic acids is 1. The molecule has 2 aromatic rings. The highest BCUT2D eigenvalue weighted by molar-refractivity contribution is 7.80. The van der Waals surface area contributed by atoms with Gasteiger partial charge >= 0.3 is 5.97 Å². The lowest BCUT2D eigenvalue weighted by Gasteiger charge is -2.13. The molecule has 0 aliphatic heterocycles. The zero-order chi connectivity index (χ0) is 18.7. The van der Waals surface area contributed by atoms with E-state index in [0.717, 1.165) is 0 Å². The Morgan fingerprint density at radius 3 is 1.96 bits per heavy atom. The van der Waals surface area contributed by atoms with Crippen LogP contribution < -0.4 is 10.6 Å². The molecule has 0 fully saturated rings. The number of thiocarbonyl (C=S) groups is 1. The van der Waals surface area contributed by atoms with Crippen LogP contribution in [0, 0.1) is 0 Å². The second-order valence-electron chi connectivity index (χ2n) is 4.66. The number of benzene rings is 2. The molecule has 25 heavy (non-hydrogen) atoms. The normalized spacial score (nSPS) is 10.2. The van der Waals surface area contributed by atoms with Gasteiger partial charge in [-0.2, -0.15) is 0 Å². The summed E-state index contributed by atoms with van der Waals surface area (Å²) in [4.78, 5) is 23.1. The van der Waals surface area contributed by atoms with E-state index in [-0.39, 0.29) is 37.0 Å². The lowest BCUT2D eigenvalue weighted by Crippen LogP contribution is -2.34. The first-order chi connectivity index (χ1) is 11.7. The topological polar surface area (TPSA) is 78.4 Å². The van der Waals surface area contributed by atoms with Crippen molar-refractivity contribution in [3.63, 3.8) is 0 Å². The Bertz CT molecular complexity index is 866. The quantitative estimate of drug-likeness (QED) is 0.580. The maximum atomic E-state index is 12.1. The third kappa shape index (κ3) is 4.96. The van der Waals surface area contributed by atoms with Crippen molar-refractivity contribution in [3.8, 4) is 0 Å². The number of halogens is 4. The van der Waals surface area contributed by atoms with Crippen LogP contribution in [0.4, 0.5) is 5.69 Å². The molecule has 0 bridgehead atoms. The highest BCUT2D eigenvalue weighted by Crippen LogP contribution is 2.32. The molecule has 3 N–H and O–H groups in total. The van der Waals surface area contributed by atoms with Gasteiger partial charge < -0.3 is 10.4 Å². The molecule has 0 saturated carbocycles. The maximum absolute atomic E-state index is 12.1. The number of carbonyl (C=O) groups excluding carboxylic acids is 1. The lowest BCUT2D eigenvalue weighted by atomic mass is 10.2. The summed E-state index contributed by atoms with van der Waals surface area (Å²) in [7, 11) is 0. The molecular weight excluding hydrogens is 430 g/mol. The van der Waals surface area contributed by atoms with Crippen LogP contribution in [0.1, 0.15) is 20.7 Å². The average molecular weight is 438 g/mol. The number of rotatable bonds is 3. The molecular formula is C15H8Cl4N2O3S. The molecule has 0 saturated heterocycles. The highest BCUT2D eigenvalue weighted by atomic mass is 35.5. The minimum absolute atomic E-state index is 0.0380. The molecule has 2 aromatic carbocycles. The fraction of sp³-hybridized carbons (Fsp3) is 0. The smallest absolute Gasteiger partial charge is 0.335 e. The molecule has 10 heteroatoms. The molecule has 130 valence electrons. The summed E-state index contributed by atoms with van der Waals surface area (Å²) in [6.45, 7) is 0. The van der Waals surface area contributed by atoms with Crippen molar-refractivity contribution in [3.05, 3.63) is 61.5 Å². The SMILES string of the molecule is O=C(O)c1cc(Cl)c(NC(=S)NC(=O)c2ccc(Cl)c(Cl)c2)c(Cl)c1. The van der Waals surface area contributed by atoms with Gasteiger partial charge in [-0.3, -0.25) is 10.1 Å². The first kappa shape index (κ1) is 19.8. The largest absolute Gasteiger partial charge is 0.478 e. The van der Waals surface area contributed by atoms with E-state index in [1.165, 1.54) is 30.3 Å². The van der Waals surface area contributed by atoms with Crippen molar-refractivity contribution in [1.29, 1.82) is 0 Å². The van der Waals surface area contributed by atoms with Gasteiger partial charge in [-0.25, -0.2) is 4.79 Å². The first-order valence-electron chi connectivity index (χ1n) is 6.48. The van der Waals surface area contributed by atoms with Crippen molar-refractivity contribution in [2.24, 2.45) is 0 Å². The van der Waals surface area contributed by atoms with E-state index in [2.05, 4.69) is 10.6 Å². The minimum atomic E-state index is -1.18. The van der Waals surface area contributed by atoms with Gasteiger partial charge in [0.15, 0.2) is 5.11 Å². The molecule has 0 atom stereocenters. The van der Waals surface area contributed by atoms with Crippen LogP contribution in [0.5, 0.6) is 0 Å². The number of nitrogens with one attached hydrogen (secondary N) is 2. The number of amides is 1. The van der Waals surface area contributed by atoms with Crippen molar-refractivity contribution in [1.82, 2.24) is 5.32 Å². The summed E-state index contributed by atoms with van der Waals surface area (Å²) in [6.07, 6.45) is 0. The van der Waals surface area contributed by atoms with Gasteiger partial charge in [-0.1, -0.05) is 46.4 Å². The number of anilines is 1. The van der Waals surface area contributed by atoms with Crippen LogP contribution in [0.15, 0.2) is 30.3 Å². The Hall–Kier alpha value is -1.57. The number of carboxylic acid groups (broad SMARTS) is 1. The maximum Gasteiger partial charge on any atom is 0.335 e. The standard InChI is InChI=1S/C15H8Cl4N2O3S/c16-8-2-1-6(3-9(8)17)13(22)21-15(25)20-12-10(18)4-7(14(23)24)5-11(12)19/h1-5H,(H,23,24)(H2,20,21,22,25). The molecule has 0 aliphatic carbocycles. The molecule has 0 spiro atoms. The van der Waals surface area contributed by atoms with E-state index in [1.807, 2.05) is 0 Å². The van der Waals surface area contributed by atoms with E-state index in [9.17, 15) is 9.59 Å². The summed E-state index contributed by atoms with van der Waals surface area (Å²) in [5, 5.41) is 14.6. The van der Waals surface area contributed by atoms with Crippen LogP contribution in [0.2, 0.25) is 20.1 Å². The highest BCUT2D eigenvalue weighted by Gasteiger charge is 2.15. The Labute approximate surface area is 167 Å². The van der Waals surface area contributed by atoms with Crippen LogP contribution >= 0.6 is 58.6 Å². The molecule has 0 radical (unpaired) electrons. The monoisotopic (exact) mass is 436 g/mol. The molecule has 5 nitrogen and oxygen atoms in total. The first-order valence-corrected chi connectivity index (χ1v) is 8.40. The molecule has 0 aromatic heterocycles. The zero-order valence-electron chi connectivity index (χ0n) is 12.1. The third-order valence-corrected chi connectivity index (χ3v) is 4.48. The van der Waals surface area contributed by atoms with Crippen molar-refractivity contribution in [2.45, 2.75) is 0 Å². The summed E-state index contributed by atoms with van der Waals surface area (Å²) < 4.78 is 0. The third-order valence-electron chi connectivity index (χ3n) is 2.94. The molecule has 2 rings (SSSR count). The second-order valence-corrected chi connectivity index (χ2v) is 6.69. The van der Waals surface area contributed by atoms with Crippen molar-refractivity contribution < 1.29 is 14.7 Å². The zero-order valence-corrected chi connectivity index (χ0v) is 15.9. The van der Waals surface area contributed by atoms with Gasteiger partial charge in [0.25, 0.3) is 5.91 Å². The van der Waals surface area contributed by atoms with E-state index in [1.54, 1.807) is 0 Å². The fourth-order valence-electron chi connectivity index (χ4n) is 1.77. The van der Waals surface area contributed by atoms with Crippen molar-refractivity contribution in [2.75, 3.05) is 5.32 Å². The Balaban J connectivity index is 2.13. The van der Waals surface area contributed by atoms with E-state index in [0.29, 0.717) is 5.02 Å². The van der Waals surface area contributed by atoms with Crippen LogP contribution in [-0.2, 0) is 0 Å². The predicted octanol–water partition coefficient (Wildman–Crippen LogP) is 5.13. The van der Waals surface area contributed by atoms with Crippen LogP contribution in [0.25, 0.3) is 0 Å². The van der Waals surface area contributed by atoms with Gasteiger partial charge in [-0.05, 0) is 42.5 Å². The van der Waals surface area contributed by atoms with Crippen molar-refractivity contribution >= 4 is 81.3 Å². The molecule has 0 aliphatic rings. The summed E-state index contributed by atoms with van der Waals surface area (Å²) in [6, 6.07) is 6.77.